The van der Waals surface area contributed by atoms with Crippen LogP contribution < -0.4 is 22.8 Å². The Morgan fingerprint density at radius 3 is 0.850 bits per heavy atom. The molecule has 0 saturated carbocycles. The molecule has 0 fully saturated rings. The summed E-state index contributed by atoms with van der Waals surface area (Å²) >= 11 is 0. The molecule has 5 aromatic heterocycles. The first-order valence-electron chi connectivity index (χ1n) is 47.4. The van der Waals surface area contributed by atoms with Crippen LogP contribution in [0.2, 0.25) is 0 Å². The molecule has 0 amide bonds. The molecule has 0 saturated heterocycles. The van der Waals surface area contributed by atoms with Crippen LogP contribution >= 0.6 is 0 Å². The van der Waals surface area contributed by atoms with Crippen molar-refractivity contribution in [3.63, 3.8) is 0 Å². The van der Waals surface area contributed by atoms with Gasteiger partial charge in [0.2, 0.25) is 28.5 Å². The van der Waals surface area contributed by atoms with Gasteiger partial charge in [0, 0.05) is 101 Å². The summed E-state index contributed by atoms with van der Waals surface area (Å²) in [7, 11) is 10.2. The first-order valence-corrected chi connectivity index (χ1v) is 42.4. The summed E-state index contributed by atoms with van der Waals surface area (Å²) < 4.78 is 93.9. The van der Waals surface area contributed by atoms with E-state index in [0.29, 0.717) is 39.8 Å². The van der Waals surface area contributed by atoms with Crippen molar-refractivity contribution < 1.29 is 36.5 Å². The van der Waals surface area contributed by atoms with E-state index < -0.39 is 26.4 Å². The molecule has 5 heteroatoms. The maximum absolute atomic E-state index is 8.88. The van der Waals surface area contributed by atoms with Crippen LogP contribution in [0.15, 0.2) is 316 Å². The van der Waals surface area contributed by atoms with Crippen molar-refractivity contribution in [2.45, 2.75) is 143 Å². The first kappa shape index (κ1) is 75.4. The maximum Gasteiger partial charge on any atom is 0.212 e. The number of aromatic nitrogens is 5. The average Bonchev–Trinajstić information content (AvgIpc) is 0.743. The monoisotopic (exact) mass is 1590 g/mol. The molecular formula is C115H130N5+5. The van der Waals surface area contributed by atoms with Gasteiger partial charge < -0.3 is 0 Å². The molecule has 0 aliphatic heterocycles. The van der Waals surface area contributed by atoms with Gasteiger partial charge in [0.25, 0.3) is 0 Å². The Labute approximate surface area is 734 Å². The number of aryl methyl sites for hydroxylation is 14. The van der Waals surface area contributed by atoms with Gasteiger partial charge in [-0.15, -0.1) is 0 Å². The summed E-state index contributed by atoms with van der Waals surface area (Å²) in [5.41, 5.74) is 34.7. The van der Waals surface area contributed by atoms with Gasteiger partial charge in [-0.2, -0.15) is 0 Å². The van der Waals surface area contributed by atoms with Crippen molar-refractivity contribution in [2.75, 3.05) is 0 Å². The van der Waals surface area contributed by atoms with Crippen LogP contribution in [0.25, 0.3) is 112 Å². The highest BCUT2D eigenvalue weighted by Crippen LogP contribution is 2.38. The van der Waals surface area contributed by atoms with Crippen molar-refractivity contribution >= 4 is 0 Å². The quantitative estimate of drug-likeness (QED) is 0.0763. The molecule has 0 spiro atoms. The molecule has 10 aromatic carbocycles. The van der Waals surface area contributed by atoms with Crippen molar-refractivity contribution in [3.05, 3.63) is 388 Å². The molecule has 5 heterocycles. The summed E-state index contributed by atoms with van der Waals surface area (Å²) in [6, 6.07) is 97.2. The summed E-state index contributed by atoms with van der Waals surface area (Å²) in [5, 5.41) is 0. The van der Waals surface area contributed by atoms with E-state index in [1.165, 1.54) is 106 Å². The van der Waals surface area contributed by atoms with Gasteiger partial charge in [-0.1, -0.05) is 243 Å². The molecule has 0 aliphatic rings. The molecule has 0 bridgehead atoms. The highest BCUT2D eigenvalue weighted by molar-refractivity contribution is 5.80. The number of nitrogens with zero attached hydrogens (tertiary/aromatic N) is 5. The zero-order valence-corrected chi connectivity index (χ0v) is 74.5. The van der Waals surface area contributed by atoms with Gasteiger partial charge in [-0.05, 0) is 277 Å². The van der Waals surface area contributed by atoms with Crippen molar-refractivity contribution in [1.29, 1.82) is 0 Å². The van der Waals surface area contributed by atoms with E-state index in [1.807, 2.05) is 134 Å². The largest absolute Gasteiger partial charge is 0.212 e. The topological polar surface area (TPSA) is 19.4 Å². The zero-order chi connectivity index (χ0) is 94.4. The fourth-order valence-electron chi connectivity index (χ4n) is 16.0. The van der Waals surface area contributed by atoms with Crippen LogP contribution in [0, 0.1) is 85.8 Å². The smallest absolute Gasteiger partial charge is 0.201 e. The summed E-state index contributed by atoms with van der Waals surface area (Å²) in [6.07, 6.45) is 9.01. The number of rotatable bonds is 18. The molecule has 0 radical (unpaired) electrons. The summed E-state index contributed by atoms with van der Waals surface area (Å²) in [5.74, 6) is 0.590. The van der Waals surface area contributed by atoms with Crippen LogP contribution in [0.4, 0.5) is 0 Å². The Bertz CT molecular complexity index is 6400. The third kappa shape index (κ3) is 22.9. The number of hydrogen-bond donors (Lipinski definition) is 0. The number of pyridine rings is 5. The van der Waals surface area contributed by atoms with E-state index in [0.717, 1.165) is 57.5 Å². The molecule has 5 nitrogen and oxygen atoms in total. The second kappa shape index (κ2) is 41.6. The molecule has 0 N–H and O–H groups in total. The van der Waals surface area contributed by atoms with Gasteiger partial charge in [0.1, 0.15) is 35.2 Å². The van der Waals surface area contributed by atoms with Crippen LogP contribution in [0.3, 0.4) is 0 Å². The third-order valence-electron chi connectivity index (χ3n) is 22.0. The third-order valence-corrected chi connectivity index (χ3v) is 22.0. The molecule has 15 aromatic rings. The van der Waals surface area contributed by atoms with Gasteiger partial charge in [-0.3, -0.25) is 0 Å². The standard InChI is InChI=1S/2C28H36N.2C20H20N.C19H18N/c2*1-19(2)13-24-16-28(29(7)18-25(24)14-20(3)4)27-17-26(21(5)15-22(27)6)23-11-9-8-10-12-23;2*1-15-13-16(2)19(20-11-7-8-12-21(20)3)14-18(15)17-9-5-4-6-10-17;1-15-11-12-17(16-8-4-3-5-9-16)14-18(15)19-10-6-7-13-20(19)2/h2*8-12,15-20H,13-14H2,1-7H3;2*4-14H,1-3H3;3-14H,1-2H3/q5*+1/i5D3,13D2,14D2;;1D3;;. The average molecular weight is 1590 g/mol. The SMILES string of the molecule is Cc1cc(C)c(-c2cc(CC(C)C)c(CC(C)C)c[n+]2C)cc1-c1ccccc1.Cc1cc(C)c(-c2cccc[n+]2C)cc1-c1ccccc1.Cc1ccc(-c2ccccc2)cc1-c1cccc[n+]1C.[2H]C([2H])([2H])c1cc(C)c(-c2cc(C([2H])([2H])C(C)C)c(C([2H])([2H])C(C)C)c[n+]2C)cc1-c1ccccc1.[2H]C([2H])([2H])c1cc(C)c(-c2cccc[n+]2C)cc1-c1ccccc1. The Hall–Kier alpha value is -12.1. The van der Waals surface area contributed by atoms with E-state index >= 15 is 0 Å². The van der Waals surface area contributed by atoms with Crippen molar-refractivity contribution in [2.24, 2.45) is 58.9 Å². The van der Waals surface area contributed by atoms with E-state index in [9.17, 15) is 0 Å². The predicted molar refractivity (Wildman–Crippen MR) is 509 cm³/mol. The fourth-order valence-corrected chi connectivity index (χ4v) is 16.0. The lowest BCUT2D eigenvalue weighted by molar-refractivity contribution is -0.661. The lowest BCUT2D eigenvalue weighted by Gasteiger charge is -2.16. The van der Waals surface area contributed by atoms with Crippen molar-refractivity contribution in [3.8, 4) is 112 Å². The maximum atomic E-state index is 8.88. The summed E-state index contributed by atoms with van der Waals surface area (Å²) in [4.78, 5) is 0. The van der Waals surface area contributed by atoms with Crippen LogP contribution in [-0.4, -0.2) is 0 Å². The molecule has 0 aliphatic carbocycles. The Morgan fingerprint density at radius 2 is 0.508 bits per heavy atom. The van der Waals surface area contributed by atoms with Gasteiger partial charge in [-0.25, -0.2) is 22.8 Å². The highest BCUT2D eigenvalue weighted by Gasteiger charge is 2.25. The van der Waals surface area contributed by atoms with Crippen LogP contribution in [0.1, 0.15) is 141 Å². The fraction of sp³-hybridized carbons (Fsp3) is 0.261. The van der Waals surface area contributed by atoms with Gasteiger partial charge >= 0.3 is 0 Å². The van der Waals surface area contributed by atoms with Gasteiger partial charge in [0.05, 0.1) is 0 Å². The number of benzene rings is 10. The second-order valence-corrected chi connectivity index (χ2v) is 33.6. The molecule has 610 valence electrons. The summed E-state index contributed by atoms with van der Waals surface area (Å²) in [6.45, 7) is 26.8. The van der Waals surface area contributed by atoms with Crippen LogP contribution in [-0.2, 0) is 60.8 Å². The minimum absolute atomic E-state index is 0.267. The zero-order valence-electron chi connectivity index (χ0n) is 84.5. The van der Waals surface area contributed by atoms with E-state index in [2.05, 4.69) is 292 Å². The number of hydrogen-bond acceptors (Lipinski definition) is 0. The Balaban J connectivity index is 0.000000160. The van der Waals surface area contributed by atoms with E-state index in [-0.39, 0.29) is 17.4 Å². The first-order chi connectivity index (χ1) is 61.5. The Morgan fingerprint density at radius 1 is 0.225 bits per heavy atom. The minimum Gasteiger partial charge on any atom is -0.201 e. The highest BCUT2D eigenvalue weighted by atomic mass is 14.9. The second-order valence-electron chi connectivity index (χ2n) is 33.6. The lowest BCUT2D eigenvalue weighted by atomic mass is 9.90. The van der Waals surface area contributed by atoms with Crippen LogP contribution in [0.5, 0.6) is 0 Å². The lowest BCUT2D eigenvalue weighted by Crippen LogP contribution is -2.32. The minimum atomic E-state index is -2.30. The normalized spacial score (nSPS) is 12.7. The van der Waals surface area contributed by atoms with Gasteiger partial charge in [0.15, 0.2) is 31.0 Å². The van der Waals surface area contributed by atoms with E-state index in [1.54, 1.807) is 52.1 Å². The molecule has 0 unspecified atom stereocenters. The Kier molecular flexibility index (Phi) is 26.1. The molecular weight excluding hydrogens is 1450 g/mol. The van der Waals surface area contributed by atoms with E-state index in [4.69, 9.17) is 13.7 Å². The predicted octanol–water partition coefficient (Wildman–Crippen LogP) is 26.8. The molecule has 120 heavy (non-hydrogen) atoms. The van der Waals surface area contributed by atoms with Crippen molar-refractivity contribution in [1.82, 2.24) is 0 Å². The molecule has 0 atom stereocenters. The molecule has 15 rings (SSSR count).